The molecule has 1 aromatic rings. The monoisotopic (exact) mass is 387 g/mol. The molecule has 1 aromatic carbocycles. The van der Waals surface area contributed by atoms with Gasteiger partial charge in [-0.05, 0) is 37.0 Å². The van der Waals surface area contributed by atoms with Crippen molar-refractivity contribution in [2.45, 2.75) is 48.5 Å². The Morgan fingerprint density at radius 3 is 2.52 bits per heavy atom. The van der Waals surface area contributed by atoms with Crippen LogP contribution in [0.4, 0.5) is 0 Å². The molecule has 2 aliphatic rings. The largest absolute Gasteiger partial charge is 0.377 e. The SMILES string of the molecule is CCc1ccc(S(=O)(=O)[C@H]2CS(=O)(=O)C[C@@H]2NCC2CCCO2)cc1. The second kappa shape index (κ2) is 7.34. The van der Waals surface area contributed by atoms with Crippen LogP contribution in [0.5, 0.6) is 0 Å². The molecular weight excluding hydrogens is 362 g/mol. The molecule has 0 radical (unpaired) electrons. The van der Waals surface area contributed by atoms with Gasteiger partial charge >= 0.3 is 0 Å². The zero-order valence-corrected chi connectivity index (χ0v) is 16.0. The van der Waals surface area contributed by atoms with Gasteiger partial charge < -0.3 is 10.1 Å². The molecule has 6 nitrogen and oxygen atoms in total. The van der Waals surface area contributed by atoms with Gasteiger partial charge in [-0.15, -0.1) is 0 Å². The molecule has 3 atom stereocenters. The van der Waals surface area contributed by atoms with E-state index < -0.39 is 31.0 Å². The van der Waals surface area contributed by atoms with Crippen molar-refractivity contribution in [3.63, 3.8) is 0 Å². The van der Waals surface area contributed by atoms with E-state index in [1.807, 2.05) is 6.92 Å². The molecule has 2 aliphatic heterocycles. The first kappa shape index (κ1) is 18.8. The van der Waals surface area contributed by atoms with Gasteiger partial charge in [0.2, 0.25) is 0 Å². The molecule has 0 aromatic heterocycles. The number of hydrogen-bond acceptors (Lipinski definition) is 6. The zero-order valence-electron chi connectivity index (χ0n) is 14.3. The average Bonchev–Trinajstić information content (AvgIpc) is 3.20. The molecular formula is C17H25NO5S2. The van der Waals surface area contributed by atoms with Crippen LogP contribution in [-0.2, 0) is 30.8 Å². The fourth-order valence-electron chi connectivity index (χ4n) is 3.49. The van der Waals surface area contributed by atoms with Gasteiger partial charge in [0.05, 0.1) is 27.8 Å². The van der Waals surface area contributed by atoms with Crippen LogP contribution in [0.3, 0.4) is 0 Å². The summed E-state index contributed by atoms with van der Waals surface area (Å²) in [5.41, 5.74) is 1.05. The molecule has 3 rings (SSSR count). The van der Waals surface area contributed by atoms with Crippen LogP contribution >= 0.6 is 0 Å². The molecule has 0 saturated carbocycles. The summed E-state index contributed by atoms with van der Waals surface area (Å²) >= 11 is 0. The molecule has 1 unspecified atom stereocenters. The summed E-state index contributed by atoms with van der Waals surface area (Å²) in [5.74, 6) is -0.468. The summed E-state index contributed by atoms with van der Waals surface area (Å²) in [6.45, 7) is 3.19. The van der Waals surface area contributed by atoms with Crippen LogP contribution in [-0.4, -0.2) is 58.9 Å². The maximum absolute atomic E-state index is 13.0. The number of rotatable bonds is 6. The highest BCUT2D eigenvalue weighted by Gasteiger charge is 2.45. The van der Waals surface area contributed by atoms with Crippen molar-refractivity contribution >= 4 is 19.7 Å². The van der Waals surface area contributed by atoms with Crippen LogP contribution in [0.2, 0.25) is 0 Å². The van der Waals surface area contributed by atoms with Crippen molar-refractivity contribution in [1.29, 1.82) is 0 Å². The second-order valence-corrected chi connectivity index (χ2v) is 11.1. The summed E-state index contributed by atoms with van der Waals surface area (Å²) in [5, 5.41) is 2.19. The minimum atomic E-state index is -3.71. The molecule has 2 saturated heterocycles. The van der Waals surface area contributed by atoms with Crippen molar-refractivity contribution < 1.29 is 21.6 Å². The lowest BCUT2D eigenvalue weighted by Gasteiger charge is -2.21. The minimum Gasteiger partial charge on any atom is -0.377 e. The molecule has 0 amide bonds. The Balaban J connectivity index is 1.80. The first-order chi connectivity index (χ1) is 11.8. The third-order valence-corrected chi connectivity index (χ3v) is 9.16. The van der Waals surface area contributed by atoms with Gasteiger partial charge in [-0.25, -0.2) is 16.8 Å². The standard InChI is InChI=1S/C17H25NO5S2/c1-2-13-5-7-15(8-6-13)25(21,22)17-12-24(19,20)11-16(17)18-10-14-4-3-9-23-14/h5-8,14,16-18H,2-4,9-12H2,1H3/t14?,16-,17-/m0/s1. The number of hydrogen-bond donors (Lipinski definition) is 1. The van der Waals surface area contributed by atoms with Crippen LogP contribution in [0, 0.1) is 0 Å². The Bertz CT molecular complexity index is 796. The lowest BCUT2D eigenvalue weighted by molar-refractivity contribution is 0.108. The van der Waals surface area contributed by atoms with Crippen molar-refractivity contribution in [2.24, 2.45) is 0 Å². The molecule has 140 valence electrons. The summed E-state index contributed by atoms with van der Waals surface area (Å²) in [7, 11) is -7.09. The highest BCUT2D eigenvalue weighted by Crippen LogP contribution is 2.26. The normalized spacial score (nSPS) is 29.1. The van der Waals surface area contributed by atoms with Gasteiger partial charge in [-0.3, -0.25) is 0 Å². The highest BCUT2D eigenvalue weighted by molar-refractivity contribution is 7.96. The van der Waals surface area contributed by atoms with Crippen molar-refractivity contribution in [1.82, 2.24) is 5.32 Å². The number of nitrogens with one attached hydrogen (secondary N) is 1. The van der Waals surface area contributed by atoms with Gasteiger partial charge in [0.15, 0.2) is 19.7 Å². The van der Waals surface area contributed by atoms with Crippen molar-refractivity contribution in [3.8, 4) is 0 Å². The van der Waals surface area contributed by atoms with Gasteiger partial charge in [-0.1, -0.05) is 19.1 Å². The van der Waals surface area contributed by atoms with Crippen molar-refractivity contribution in [2.75, 3.05) is 24.7 Å². The molecule has 8 heteroatoms. The highest BCUT2D eigenvalue weighted by atomic mass is 32.2. The van der Waals surface area contributed by atoms with Gasteiger partial charge in [0.25, 0.3) is 0 Å². The third kappa shape index (κ3) is 4.24. The molecule has 2 fully saturated rings. The maximum Gasteiger partial charge on any atom is 0.183 e. The topological polar surface area (TPSA) is 89.5 Å². The molecule has 25 heavy (non-hydrogen) atoms. The molecule has 0 spiro atoms. The Labute approximate surface area is 149 Å². The third-order valence-electron chi connectivity index (χ3n) is 4.99. The zero-order chi connectivity index (χ0) is 18.1. The van der Waals surface area contributed by atoms with Gasteiger partial charge in [-0.2, -0.15) is 0 Å². The summed E-state index contributed by atoms with van der Waals surface area (Å²) in [6, 6.07) is 6.13. The second-order valence-electron chi connectivity index (χ2n) is 6.81. The van der Waals surface area contributed by atoms with E-state index in [-0.39, 0.29) is 22.5 Å². The molecule has 2 heterocycles. The van der Waals surface area contributed by atoms with Crippen LogP contribution < -0.4 is 5.32 Å². The van der Waals surface area contributed by atoms with Crippen molar-refractivity contribution in [3.05, 3.63) is 29.8 Å². The van der Waals surface area contributed by atoms with E-state index in [0.29, 0.717) is 13.2 Å². The fraction of sp³-hybridized carbons (Fsp3) is 0.647. The quantitative estimate of drug-likeness (QED) is 0.782. The first-order valence-corrected chi connectivity index (χ1v) is 12.1. The Morgan fingerprint density at radius 2 is 1.92 bits per heavy atom. The van der Waals surface area contributed by atoms with Gasteiger partial charge in [0.1, 0.15) is 0 Å². The van der Waals surface area contributed by atoms with Gasteiger partial charge in [0, 0.05) is 19.2 Å². The Hall–Kier alpha value is -0.960. The number of aryl methyl sites for hydroxylation is 1. The number of sulfone groups is 2. The molecule has 1 N–H and O–H groups in total. The van der Waals surface area contributed by atoms with E-state index in [0.717, 1.165) is 24.8 Å². The van der Waals surface area contributed by atoms with Crippen LogP contribution in [0.25, 0.3) is 0 Å². The maximum atomic E-state index is 13.0. The lowest BCUT2D eigenvalue weighted by atomic mass is 10.2. The van der Waals surface area contributed by atoms with E-state index >= 15 is 0 Å². The average molecular weight is 388 g/mol. The Morgan fingerprint density at radius 1 is 1.20 bits per heavy atom. The minimum absolute atomic E-state index is 0.0375. The number of benzene rings is 1. The lowest BCUT2D eigenvalue weighted by Crippen LogP contribution is -2.45. The van der Waals surface area contributed by atoms with E-state index in [4.69, 9.17) is 4.74 Å². The fourth-order valence-corrected chi connectivity index (χ4v) is 8.21. The van der Waals surface area contributed by atoms with Crippen LogP contribution in [0.15, 0.2) is 29.2 Å². The Kier molecular flexibility index (Phi) is 5.53. The number of ether oxygens (including phenoxy) is 1. The predicted octanol–water partition coefficient (Wildman–Crippen LogP) is 0.957. The molecule has 0 bridgehead atoms. The first-order valence-electron chi connectivity index (χ1n) is 8.70. The summed E-state index contributed by atoms with van der Waals surface area (Å²) in [4.78, 5) is 0.190. The molecule has 0 aliphatic carbocycles. The van der Waals surface area contributed by atoms with E-state index in [1.54, 1.807) is 24.3 Å². The summed E-state index contributed by atoms with van der Waals surface area (Å²) < 4.78 is 55.7. The van der Waals surface area contributed by atoms with E-state index in [1.165, 1.54) is 0 Å². The predicted molar refractivity (Wildman–Crippen MR) is 96.2 cm³/mol. The van der Waals surface area contributed by atoms with E-state index in [9.17, 15) is 16.8 Å². The van der Waals surface area contributed by atoms with Crippen LogP contribution in [0.1, 0.15) is 25.3 Å². The smallest absolute Gasteiger partial charge is 0.183 e. The summed E-state index contributed by atoms with van der Waals surface area (Å²) in [6.07, 6.45) is 2.77. The van der Waals surface area contributed by atoms with E-state index in [2.05, 4.69) is 5.32 Å².